The second kappa shape index (κ2) is 7.96. The number of urea groups is 1. The monoisotopic (exact) mass is 363 g/mol. The van der Waals surface area contributed by atoms with Crippen molar-refractivity contribution in [3.8, 4) is 0 Å². The van der Waals surface area contributed by atoms with Gasteiger partial charge < -0.3 is 15.0 Å². The van der Waals surface area contributed by atoms with Crippen LogP contribution in [0.15, 0.2) is 6.07 Å². The molecule has 1 N–H and O–H groups in total. The standard InChI is InChI=1S/C19H33N5O2/c1-19(2)11-15(6-9-26-19)13-23-7-5-8-24-17(14-23)10-16(21-24)12-20-18(25)22(3)4/h10,15H,5-9,11-14H2,1-4H3,(H,20,25)/t15-/m1/s1. The molecule has 7 nitrogen and oxygen atoms in total. The highest BCUT2D eigenvalue weighted by Crippen LogP contribution is 2.29. The van der Waals surface area contributed by atoms with Gasteiger partial charge in [0, 0.05) is 46.9 Å². The topological polar surface area (TPSA) is 62.6 Å². The van der Waals surface area contributed by atoms with Crippen molar-refractivity contribution in [3.05, 3.63) is 17.5 Å². The predicted molar refractivity (Wildman–Crippen MR) is 101 cm³/mol. The average Bonchev–Trinajstić information content (AvgIpc) is 2.84. The zero-order valence-corrected chi connectivity index (χ0v) is 16.6. The molecule has 3 rings (SSSR count). The number of aryl methyl sites for hydroxylation is 1. The lowest BCUT2D eigenvalue weighted by Crippen LogP contribution is -2.39. The Kier molecular flexibility index (Phi) is 5.87. The van der Waals surface area contributed by atoms with Crippen molar-refractivity contribution in [2.45, 2.75) is 58.3 Å². The van der Waals surface area contributed by atoms with Crippen molar-refractivity contribution in [1.82, 2.24) is 24.9 Å². The normalized spacial score (nSPS) is 23.2. The van der Waals surface area contributed by atoms with E-state index in [2.05, 4.69) is 39.9 Å². The Hall–Kier alpha value is -1.60. The molecule has 2 aliphatic rings. The summed E-state index contributed by atoms with van der Waals surface area (Å²) in [6.45, 7) is 9.89. The summed E-state index contributed by atoms with van der Waals surface area (Å²) in [6.07, 6.45) is 3.40. The number of carbonyl (C=O) groups excluding carboxylic acids is 1. The van der Waals surface area contributed by atoms with E-state index in [4.69, 9.17) is 4.74 Å². The van der Waals surface area contributed by atoms with Crippen molar-refractivity contribution in [1.29, 1.82) is 0 Å². The number of rotatable bonds is 4. The Balaban J connectivity index is 1.58. The SMILES string of the molecule is CN(C)C(=O)NCc1cc2n(n1)CCCN(C[C@@H]1CCOC(C)(C)C1)C2. The van der Waals surface area contributed by atoms with Crippen LogP contribution in [0.1, 0.15) is 44.5 Å². The lowest BCUT2D eigenvalue weighted by Gasteiger charge is -2.37. The minimum absolute atomic E-state index is 0.00829. The summed E-state index contributed by atoms with van der Waals surface area (Å²) < 4.78 is 7.98. The second-order valence-electron chi connectivity index (χ2n) is 8.46. The third-order valence-electron chi connectivity index (χ3n) is 5.29. The molecule has 26 heavy (non-hydrogen) atoms. The van der Waals surface area contributed by atoms with Crippen LogP contribution in [0.25, 0.3) is 0 Å². The first-order chi connectivity index (χ1) is 12.3. The minimum Gasteiger partial charge on any atom is -0.376 e. The van der Waals surface area contributed by atoms with Crippen LogP contribution < -0.4 is 5.32 Å². The van der Waals surface area contributed by atoms with Gasteiger partial charge in [0.25, 0.3) is 0 Å². The Morgan fingerprint density at radius 3 is 2.96 bits per heavy atom. The third-order valence-corrected chi connectivity index (χ3v) is 5.29. The second-order valence-corrected chi connectivity index (χ2v) is 8.46. The lowest BCUT2D eigenvalue weighted by molar-refractivity contribution is -0.0770. The molecule has 1 fully saturated rings. The maximum absolute atomic E-state index is 11.7. The number of hydrogen-bond donors (Lipinski definition) is 1. The summed E-state index contributed by atoms with van der Waals surface area (Å²) in [7, 11) is 3.49. The molecule has 0 aromatic carbocycles. The smallest absolute Gasteiger partial charge is 0.317 e. The van der Waals surface area contributed by atoms with Gasteiger partial charge in [0.1, 0.15) is 0 Å². The van der Waals surface area contributed by atoms with Crippen LogP contribution in [-0.4, -0.2) is 65.0 Å². The fraction of sp³-hybridized carbons (Fsp3) is 0.789. The molecule has 1 saturated heterocycles. The number of carbonyl (C=O) groups is 1. The van der Waals surface area contributed by atoms with Crippen LogP contribution in [0.3, 0.4) is 0 Å². The van der Waals surface area contributed by atoms with Gasteiger partial charge in [-0.25, -0.2) is 4.79 Å². The fourth-order valence-electron chi connectivity index (χ4n) is 4.03. The van der Waals surface area contributed by atoms with E-state index in [0.29, 0.717) is 12.5 Å². The number of hydrogen-bond acceptors (Lipinski definition) is 4. The molecule has 0 unspecified atom stereocenters. The number of nitrogens with zero attached hydrogens (tertiary/aromatic N) is 4. The van der Waals surface area contributed by atoms with Gasteiger partial charge >= 0.3 is 6.03 Å². The molecule has 0 saturated carbocycles. The van der Waals surface area contributed by atoms with Crippen LogP contribution in [0, 0.1) is 5.92 Å². The highest BCUT2D eigenvalue weighted by atomic mass is 16.5. The van der Waals surface area contributed by atoms with E-state index in [1.165, 1.54) is 10.6 Å². The first kappa shape index (κ1) is 19.2. The van der Waals surface area contributed by atoms with Gasteiger partial charge in [-0.15, -0.1) is 0 Å². The van der Waals surface area contributed by atoms with E-state index in [0.717, 1.165) is 57.7 Å². The summed E-state index contributed by atoms with van der Waals surface area (Å²) in [5.41, 5.74) is 2.20. The summed E-state index contributed by atoms with van der Waals surface area (Å²) in [5.74, 6) is 0.701. The molecule has 0 aliphatic carbocycles. The zero-order valence-electron chi connectivity index (χ0n) is 16.6. The summed E-state index contributed by atoms with van der Waals surface area (Å²) in [6, 6.07) is 2.05. The van der Waals surface area contributed by atoms with Crippen LogP contribution >= 0.6 is 0 Å². The van der Waals surface area contributed by atoms with Gasteiger partial charge in [0.05, 0.1) is 23.5 Å². The number of ether oxygens (including phenoxy) is 1. The fourth-order valence-corrected chi connectivity index (χ4v) is 4.03. The predicted octanol–water partition coefficient (Wildman–Crippen LogP) is 2.07. The number of fused-ring (bicyclic) bond motifs is 1. The Morgan fingerprint density at radius 2 is 2.23 bits per heavy atom. The highest BCUT2D eigenvalue weighted by Gasteiger charge is 2.30. The van der Waals surface area contributed by atoms with Gasteiger partial charge in [0.15, 0.2) is 0 Å². The molecule has 0 bridgehead atoms. The van der Waals surface area contributed by atoms with Crippen LogP contribution in [0.2, 0.25) is 0 Å². The van der Waals surface area contributed by atoms with Crippen molar-refractivity contribution >= 4 is 6.03 Å². The Morgan fingerprint density at radius 1 is 1.42 bits per heavy atom. The summed E-state index contributed by atoms with van der Waals surface area (Å²) >= 11 is 0. The van der Waals surface area contributed by atoms with E-state index in [9.17, 15) is 4.79 Å². The Bertz CT molecular complexity index is 625. The molecule has 7 heteroatoms. The van der Waals surface area contributed by atoms with E-state index in [-0.39, 0.29) is 11.6 Å². The highest BCUT2D eigenvalue weighted by molar-refractivity contribution is 5.73. The Labute approximate surface area is 156 Å². The molecule has 1 atom stereocenters. The first-order valence-corrected chi connectivity index (χ1v) is 9.69. The summed E-state index contributed by atoms with van der Waals surface area (Å²) in [4.78, 5) is 15.8. The van der Waals surface area contributed by atoms with E-state index < -0.39 is 0 Å². The summed E-state index contributed by atoms with van der Waals surface area (Å²) in [5, 5.41) is 7.58. The molecule has 2 aliphatic heterocycles. The van der Waals surface area contributed by atoms with Crippen molar-refractivity contribution < 1.29 is 9.53 Å². The third kappa shape index (κ3) is 4.98. The van der Waals surface area contributed by atoms with Crippen molar-refractivity contribution in [3.63, 3.8) is 0 Å². The molecule has 1 aromatic rings. The quantitative estimate of drug-likeness (QED) is 0.889. The van der Waals surface area contributed by atoms with Crippen molar-refractivity contribution in [2.75, 3.05) is 33.8 Å². The largest absolute Gasteiger partial charge is 0.376 e. The maximum Gasteiger partial charge on any atom is 0.317 e. The molecular formula is C19H33N5O2. The first-order valence-electron chi connectivity index (χ1n) is 9.69. The molecule has 0 spiro atoms. The van der Waals surface area contributed by atoms with Crippen LogP contribution in [0.4, 0.5) is 4.79 Å². The maximum atomic E-state index is 11.7. The van der Waals surface area contributed by atoms with E-state index in [1.54, 1.807) is 14.1 Å². The molecule has 146 valence electrons. The molecule has 3 heterocycles. The van der Waals surface area contributed by atoms with Gasteiger partial charge in [-0.2, -0.15) is 5.10 Å². The van der Waals surface area contributed by atoms with Gasteiger partial charge in [-0.05, 0) is 45.1 Å². The van der Waals surface area contributed by atoms with E-state index >= 15 is 0 Å². The van der Waals surface area contributed by atoms with Crippen LogP contribution in [0.5, 0.6) is 0 Å². The average molecular weight is 364 g/mol. The molecule has 0 radical (unpaired) electrons. The number of aromatic nitrogens is 2. The molecule has 2 amide bonds. The van der Waals surface area contributed by atoms with Gasteiger partial charge in [-0.3, -0.25) is 9.58 Å². The minimum atomic E-state index is -0.0862. The lowest BCUT2D eigenvalue weighted by atomic mass is 9.88. The van der Waals surface area contributed by atoms with Crippen LogP contribution in [-0.2, 0) is 24.4 Å². The van der Waals surface area contributed by atoms with Crippen molar-refractivity contribution in [2.24, 2.45) is 5.92 Å². The molecule has 1 aromatic heterocycles. The number of nitrogens with one attached hydrogen (secondary N) is 1. The number of amides is 2. The van der Waals surface area contributed by atoms with E-state index in [1.807, 2.05) is 0 Å². The van der Waals surface area contributed by atoms with Gasteiger partial charge in [-0.1, -0.05) is 0 Å². The zero-order chi connectivity index (χ0) is 18.7. The molecular weight excluding hydrogens is 330 g/mol. The van der Waals surface area contributed by atoms with Gasteiger partial charge in [0.2, 0.25) is 0 Å².